The minimum absolute atomic E-state index is 0.00997. The van der Waals surface area contributed by atoms with Crippen LogP contribution >= 0.6 is 11.6 Å². The predicted molar refractivity (Wildman–Crippen MR) is 111 cm³/mol. The number of nitrogens with two attached hydrogens (primary N) is 1. The standard InChI is InChI=1S/C21H26ClN3O2/c1-3-24-20(26)13-15(2)25-21(16-7-9-18(22)10-8-16)17-5-4-6-19(14-17)27-12-11-23/h4-10,14-15H,3,11-13,23H2,1-2H3,(H,24,26)/t15-/m1/s1. The van der Waals surface area contributed by atoms with E-state index >= 15 is 0 Å². The lowest BCUT2D eigenvalue weighted by Crippen LogP contribution is -2.26. The first kappa shape index (κ1) is 20.9. The van der Waals surface area contributed by atoms with Crippen molar-refractivity contribution < 1.29 is 9.53 Å². The fourth-order valence-electron chi connectivity index (χ4n) is 2.64. The topological polar surface area (TPSA) is 76.7 Å². The van der Waals surface area contributed by atoms with Gasteiger partial charge in [-0.1, -0.05) is 35.9 Å². The maximum atomic E-state index is 11.9. The van der Waals surface area contributed by atoms with Crippen molar-refractivity contribution in [3.63, 3.8) is 0 Å². The van der Waals surface area contributed by atoms with E-state index in [2.05, 4.69) is 5.32 Å². The maximum Gasteiger partial charge on any atom is 0.222 e. The van der Waals surface area contributed by atoms with Gasteiger partial charge >= 0.3 is 0 Å². The second-order valence-electron chi connectivity index (χ2n) is 6.16. The molecular weight excluding hydrogens is 362 g/mol. The molecule has 0 aromatic heterocycles. The summed E-state index contributed by atoms with van der Waals surface area (Å²) in [5.74, 6) is 0.722. The van der Waals surface area contributed by atoms with Crippen molar-refractivity contribution in [2.45, 2.75) is 26.3 Å². The molecule has 6 heteroatoms. The van der Waals surface area contributed by atoms with E-state index in [1.165, 1.54) is 0 Å². The van der Waals surface area contributed by atoms with Crippen LogP contribution in [0.4, 0.5) is 0 Å². The number of halogens is 1. The Hall–Kier alpha value is -2.37. The Kier molecular flexibility index (Phi) is 8.30. The molecule has 1 amide bonds. The van der Waals surface area contributed by atoms with Gasteiger partial charge in [-0.15, -0.1) is 0 Å². The monoisotopic (exact) mass is 387 g/mol. The molecule has 0 saturated carbocycles. The summed E-state index contributed by atoms with van der Waals surface area (Å²) in [6.45, 7) is 5.34. The summed E-state index contributed by atoms with van der Waals surface area (Å²) < 4.78 is 5.64. The smallest absolute Gasteiger partial charge is 0.222 e. The van der Waals surface area contributed by atoms with Gasteiger partial charge in [0.05, 0.1) is 11.8 Å². The Morgan fingerprint density at radius 1 is 1.22 bits per heavy atom. The molecule has 0 saturated heterocycles. The highest BCUT2D eigenvalue weighted by Crippen LogP contribution is 2.20. The van der Waals surface area contributed by atoms with Crippen LogP contribution in [0.25, 0.3) is 0 Å². The van der Waals surface area contributed by atoms with Crippen LogP contribution < -0.4 is 15.8 Å². The Morgan fingerprint density at radius 3 is 2.63 bits per heavy atom. The SMILES string of the molecule is CCNC(=O)C[C@@H](C)N=C(c1ccc(Cl)cc1)c1cccc(OCCN)c1. The maximum absolute atomic E-state index is 11.9. The molecule has 3 N–H and O–H groups in total. The number of hydrogen-bond acceptors (Lipinski definition) is 4. The molecular formula is C21H26ClN3O2. The molecule has 0 aliphatic carbocycles. The molecule has 1 atom stereocenters. The van der Waals surface area contributed by atoms with Gasteiger partial charge in [-0.05, 0) is 38.1 Å². The van der Waals surface area contributed by atoms with Crippen molar-refractivity contribution in [1.82, 2.24) is 5.32 Å². The summed E-state index contributed by atoms with van der Waals surface area (Å²) in [4.78, 5) is 16.7. The Balaban J connectivity index is 2.36. The normalized spacial score (nSPS) is 12.5. The molecule has 0 aliphatic rings. The van der Waals surface area contributed by atoms with E-state index in [-0.39, 0.29) is 11.9 Å². The molecule has 0 bridgehead atoms. The second-order valence-corrected chi connectivity index (χ2v) is 6.59. The molecule has 27 heavy (non-hydrogen) atoms. The summed E-state index contributed by atoms with van der Waals surface area (Å²) in [5, 5.41) is 3.47. The van der Waals surface area contributed by atoms with E-state index in [4.69, 9.17) is 27.1 Å². The third-order valence-corrected chi connectivity index (χ3v) is 4.07. The lowest BCUT2D eigenvalue weighted by atomic mass is 10.0. The van der Waals surface area contributed by atoms with Crippen molar-refractivity contribution in [3.05, 3.63) is 64.7 Å². The van der Waals surface area contributed by atoms with E-state index < -0.39 is 0 Å². The summed E-state index contributed by atoms with van der Waals surface area (Å²) >= 11 is 6.03. The van der Waals surface area contributed by atoms with Crippen LogP contribution in [-0.4, -0.2) is 37.4 Å². The summed E-state index contributed by atoms with van der Waals surface area (Å²) in [5.41, 5.74) is 8.15. The van der Waals surface area contributed by atoms with Gasteiger partial charge in [-0.25, -0.2) is 0 Å². The minimum Gasteiger partial charge on any atom is -0.492 e. The third-order valence-electron chi connectivity index (χ3n) is 3.82. The van der Waals surface area contributed by atoms with E-state index in [0.717, 1.165) is 22.6 Å². The van der Waals surface area contributed by atoms with Crippen molar-refractivity contribution >= 4 is 23.2 Å². The summed E-state index contributed by atoms with van der Waals surface area (Å²) in [6.07, 6.45) is 0.328. The lowest BCUT2D eigenvalue weighted by molar-refractivity contribution is -0.121. The first-order valence-corrected chi connectivity index (χ1v) is 9.45. The van der Waals surface area contributed by atoms with Crippen molar-refractivity contribution in [2.75, 3.05) is 19.7 Å². The Labute approximate surface area is 165 Å². The van der Waals surface area contributed by atoms with Crippen LogP contribution in [0.5, 0.6) is 5.75 Å². The van der Waals surface area contributed by atoms with Gasteiger partial charge in [0.1, 0.15) is 12.4 Å². The number of ether oxygens (including phenoxy) is 1. The van der Waals surface area contributed by atoms with Crippen molar-refractivity contribution in [3.8, 4) is 5.75 Å². The molecule has 2 aromatic rings. The molecule has 0 aliphatic heterocycles. The molecule has 0 spiro atoms. The zero-order chi connectivity index (χ0) is 19.6. The summed E-state index contributed by atoms with van der Waals surface area (Å²) in [6, 6.07) is 15.0. The lowest BCUT2D eigenvalue weighted by Gasteiger charge is -2.14. The quantitative estimate of drug-likeness (QED) is 0.647. The average Bonchev–Trinajstić information content (AvgIpc) is 2.65. The highest BCUT2D eigenvalue weighted by molar-refractivity contribution is 6.30. The van der Waals surface area contributed by atoms with Crippen LogP contribution in [0.2, 0.25) is 5.02 Å². The fourth-order valence-corrected chi connectivity index (χ4v) is 2.76. The van der Waals surface area contributed by atoms with Gasteiger partial charge in [0.25, 0.3) is 0 Å². The Morgan fingerprint density at radius 2 is 1.96 bits per heavy atom. The highest BCUT2D eigenvalue weighted by Gasteiger charge is 2.13. The number of nitrogens with zero attached hydrogens (tertiary/aromatic N) is 1. The molecule has 0 radical (unpaired) electrons. The number of amides is 1. The van der Waals surface area contributed by atoms with Crippen LogP contribution in [0.15, 0.2) is 53.5 Å². The molecule has 2 rings (SSSR count). The summed E-state index contributed by atoms with van der Waals surface area (Å²) in [7, 11) is 0. The highest BCUT2D eigenvalue weighted by atomic mass is 35.5. The number of benzene rings is 2. The minimum atomic E-state index is -0.171. The number of hydrogen-bond donors (Lipinski definition) is 2. The average molecular weight is 388 g/mol. The number of rotatable bonds is 9. The molecule has 0 fully saturated rings. The molecule has 144 valence electrons. The van der Waals surface area contributed by atoms with Crippen LogP contribution in [0, 0.1) is 0 Å². The first-order chi connectivity index (χ1) is 13.0. The van der Waals surface area contributed by atoms with Gasteiger partial charge in [0.15, 0.2) is 0 Å². The van der Waals surface area contributed by atoms with Crippen molar-refractivity contribution in [2.24, 2.45) is 10.7 Å². The zero-order valence-electron chi connectivity index (χ0n) is 15.7. The predicted octanol–water partition coefficient (Wildman–Crippen LogP) is 3.43. The van der Waals surface area contributed by atoms with Crippen molar-refractivity contribution in [1.29, 1.82) is 0 Å². The Bertz CT molecular complexity index is 775. The molecule has 0 unspecified atom stereocenters. The molecule has 0 heterocycles. The first-order valence-electron chi connectivity index (χ1n) is 9.07. The second kappa shape index (κ2) is 10.7. The number of nitrogens with one attached hydrogen (secondary N) is 1. The number of carbonyl (C=O) groups excluding carboxylic acids is 1. The fraction of sp³-hybridized carbons (Fsp3) is 0.333. The van der Waals surface area contributed by atoms with E-state index in [1.54, 1.807) is 0 Å². The van der Waals surface area contributed by atoms with Gasteiger partial charge in [0.2, 0.25) is 5.91 Å². The van der Waals surface area contributed by atoms with Gasteiger partial charge < -0.3 is 15.8 Å². The van der Waals surface area contributed by atoms with Gasteiger partial charge in [-0.3, -0.25) is 9.79 Å². The van der Waals surface area contributed by atoms with E-state index in [1.807, 2.05) is 62.4 Å². The van der Waals surface area contributed by atoms with Crippen LogP contribution in [0.1, 0.15) is 31.4 Å². The molecule has 2 aromatic carbocycles. The number of carbonyl (C=O) groups is 1. The van der Waals surface area contributed by atoms with Crippen LogP contribution in [0.3, 0.4) is 0 Å². The zero-order valence-corrected chi connectivity index (χ0v) is 16.5. The van der Waals surface area contributed by atoms with Crippen LogP contribution in [-0.2, 0) is 4.79 Å². The van der Waals surface area contributed by atoms with Gasteiger partial charge in [0, 0.05) is 35.7 Å². The van der Waals surface area contributed by atoms with E-state index in [9.17, 15) is 4.79 Å². The number of aliphatic imine (C=N–C) groups is 1. The molecule has 5 nitrogen and oxygen atoms in total. The van der Waals surface area contributed by atoms with E-state index in [0.29, 0.717) is 31.1 Å². The largest absolute Gasteiger partial charge is 0.492 e. The van der Waals surface area contributed by atoms with Gasteiger partial charge in [-0.2, -0.15) is 0 Å². The third kappa shape index (κ3) is 6.70.